The molecular formula is C30H36BrNO5. The van der Waals surface area contributed by atoms with Crippen molar-refractivity contribution in [2.24, 2.45) is 0 Å². The zero-order valence-electron chi connectivity index (χ0n) is 22.5. The van der Waals surface area contributed by atoms with Crippen LogP contribution in [0, 0.1) is 0 Å². The van der Waals surface area contributed by atoms with Gasteiger partial charge in [0.2, 0.25) is 5.75 Å². The van der Waals surface area contributed by atoms with Gasteiger partial charge in [-0.3, -0.25) is 0 Å². The zero-order chi connectivity index (χ0) is 26.8. The van der Waals surface area contributed by atoms with E-state index in [1.807, 2.05) is 30.3 Å². The van der Waals surface area contributed by atoms with Crippen molar-refractivity contribution >= 4 is 27.7 Å². The molecule has 198 valence electrons. The summed E-state index contributed by atoms with van der Waals surface area (Å²) in [5, 5.41) is 0. The highest BCUT2D eigenvalue weighted by Crippen LogP contribution is 2.46. The molecule has 37 heavy (non-hydrogen) atoms. The van der Waals surface area contributed by atoms with Gasteiger partial charge in [-0.2, -0.15) is 0 Å². The molecule has 0 radical (unpaired) electrons. The number of rotatable bonds is 13. The lowest BCUT2D eigenvalue weighted by atomic mass is 10.0. The summed E-state index contributed by atoms with van der Waals surface area (Å²) in [4.78, 5) is 2.41. The van der Waals surface area contributed by atoms with Crippen LogP contribution in [0.2, 0.25) is 0 Å². The predicted molar refractivity (Wildman–Crippen MR) is 153 cm³/mol. The summed E-state index contributed by atoms with van der Waals surface area (Å²) in [6.07, 6.45) is 4.30. The van der Waals surface area contributed by atoms with Crippen molar-refractivity contribution in [1.29, 1.82) is 0 Å². The van der Waals surface area contributed by atoms with E-state index >= 15 is 0 Å². The molecule has 0 atom stereocenters. The van der Waals surface area contributed by atoms with Crippen molar-refractivity contribution in [3.05, 3.63) is 75.8 Å². The Labute approximate surface area is 228 Å². The third-order valence-corrected chi connectivity index (χ3v) is 6.95. The highest BCUT2D eigenvalue weighted by atomic mass is 79.9. The molecule has 0 unspecified atom stereocenters. The molecule has 3 aromatic carbocycles. The van der Waals surface area contributed by atoms with E-state index in [0.29, 0.717) is 17.2 Å². The maximum atomic E-state index is 5.69. The summed E-state index contributed by atoms with van der Waals surface area (Å²) in [5.74, 6) is 3.38. The van der Waals surface area contributed by atoms with Gasteiger partial charge in [0.25, 0.3) is 0 Å². The normalized spacial score (nSPS) is 11.2. The zero-order valence-corrected chi connectivity index (χ0v) is 24.1. The van der Waals surface area contributed by atoms with E-state index in [4.69, 9.17) is 23.7 Å². The Kier molecular flexibility index (Phi) is 10.6. The van der Waals surface area contributed by atoms with Gasteiger partial charge in [-0.05, 0) is 87.6 Å². The summed E-state index contributed by atoms with van der Waals surface area (Å²) in [7, 11) is 8.21. The van der Waals surface area contributed by atoms with Crippen LogP contribution in [0.1, 0.15) is 36.5 Å². The molecule has 0 saturated heterocycles. The fourth-order valence-electron chi connectivity index (χ4n) is 4.10. The van der Waals surface area contributed by atoms with Crippen LogP contribution in [0.3, 0.4) is 0 Å². The van der Waals surface area contributed by atoms with Gasteiger partial charge in [-0.1, -0.05) is 25.5 Å². The molecule has 0 fully saturated rings. The average Bonchev–Trinajstić information content (AvgIpc) is 2.94. The Balaban J connectivity index is 2.18. The van der Waals surface area contributed by atoms with Crippen LogP contribution in [-0.4, -0.2) is 47.0 Å². The quantitative estimate of drug-likeness (QED) is 0.201. The van der Waals surface area contributed by atoms with Gasteiger partial charge in [0, 0.05) is 18.8 Å². The molecule has 7 heteroatoms. The van der Waals surface area contributed by atoms with Gasteiger partial charge in [0.15, 0.2) is 11.5 Å². The van der Waals surface area contributed by atoms with Crippen LogP contribution in [0.4, 0.5) is 0 Å². The largest absolute Gasteiger partial charge is 0.497 e. The molecule has 0 aliphatic heterocycles. The minimum atomic E-state index is 0.543. The highest BCUT2D eigenvalue weighted by Gasteiger charge is 2.20. The van der Waals surface area contributed by atoms with Gasteiger partial charge < -0.3 is 28.6 Å². The SMILES string of the molecule is CCCCN(Cc1ccc(OC)cc1)/C(=C/c1cc(OC)c(OC)c(OC)c1Br)c1ccc(OC)cc1. The summed E-state index contributed by atoms with van der Waals surface area (Å²) in [5.41, 5.74) is 4.25. The molecule has 0 saturated carbocycles. The summed E-state index contributed by atoms with van der Waals surface area (Å²) in [6.45, 7) is 3.84. The molecule has 0 aliphatic carbocycles. The first-order chi connectivity index (χ1) is 18.0. The van der Waals surface area contributed by atoms with Crippen LogP contribution in [-0.2, 0) is 6.54 Å². The molecular weight excluding hydrogens is 534 g/mol. The van der Waals surface area contributed by atoms with Crippen LogP contribution in [0.15, 0.2) is 59.1 Å². The van der Waals surface area contributed by atoms with E-state index in [1.54, 1.807) is 35.5 Å². The minimum absolute atomic E-state index is 0.543. The number of ether oxygens (including phenoxy) is 5. The smallest absolute Gasteiger partial charge is 0.204 e. The topological polar surface area (TPSA) is 49.4 Å². The van der Waals surface area contributed by atoms with Crippen molar-refractivity contribution in [3.63, 3.8) is 0 Å². The standard InChI is InChI=1S/C30H36BrNO5/c1-7-8-17-32(20-21-9-13-24(33-2)14-10-21)26(22-11-15-25(34-3)16-12-22)18-23-19-27(35-4)29(36-5)30(37-6)28(23)31/h9-16,18-19H,7-8,17,20H2,1-6H3/b26-18+. The van der Waals surface area contributed by atoms with Crippen LogP contribution < -0.4 is 23.7 Å². The minimum Gasteiger partial charge on any atom is -0.497 e. The van der Waals surface area contributed by atoms with Crippen LogP contribution in [0.25, 0.3) is 11.8 Å². The Morgan fingerprint density at radius 3 is 1.89 bits per heavy atom. The summed E-state index contributed by atoms with van der Waals surface area (Å²) < 4.78 is 28.5. The second-order valence-electron chi connectivity index (χ2n) is 8.43. The molecule has 3 rings (SSSR count). The second kappa shape index (κ2) is 13.8. The Morgan fingerprint density at radius 1 is 0.784 bits per heavy atom. The molecule has 0 bridgehead atoms. The van der Waals surface area contributed by atoms with Crippen LogP contribution >= 0.6 is 15.9 Å². The van der Waals surface area contributed by atoms with E-state index in [9.17, 15) is 0 Å². The van der Waals surface area contributed by atoms with E-state index in [0.717, 1.165) is 58.7 Å². The van der Waals surface area contributed by atoms with Gasteiger partial charge in [-0.15, -0.1) is 0 Å². The number of methoxy groups -OCH3 is 5. The lowest BCUT2D eigenvalue weighted by molar-refractivity contribution is 0.323. The molecule has 0 aliphatic rings. The number of nitrogens with zero attached hydrogens (tertiary/aromatic N) is 1. The first-order valence-corrected chi connectivity index (χ1v) is 13.0. The number of halogens is 1. The Hall–Kier alpha value is -3.32. The van der Waals surface area contributed by atoms with E-state index in [1.165, 1.54) is 5.56 Å². The maximum absolute atomic E-state index is 5.69. The molecule has 0 N–H and O–H groups in total. The second-order valence-corrected chi connectivity index (χ2v) is 9.22. The molecule has 6 nitrogen and oxygen atoms in total. The first kappa shape index (κ1) is 28.3. The third-order valence-electron chi connectivity index (χ3n) is 6.13. The Bertz CT molecular complexity index is 1180. The monoisotopic (exact) mass is 569 g/mol. The lowest BCUT2D eigenvalue weighted by Gasteiger charge is -2.29. The van der Waals surface area contributed by atoms with E-state index in [2.05, 4.69) is 58.1 Å². The number of benzene rings is 3. The molecule has 3 aromatic rings. The lowest BCUT2D eigenvalue weighted by Crippen LogP contribution is -2.23. The van der Waals surface area contributed by atoms with Crippen molar-refractivity contribution in [3.8, 4) is 28.7 Å². The maximum Gasteiger partial charge on any atom is 0.204 e. The van der Waals surface area contributed by atoms with Crippen molar-refractivity contribution in [2.45, 2.75) is 26.3 Å². The van der Waals surface area contributed by atoms with E-state index < -0.39 is 0 Å². The van der Waals surface area contributed by atoms with Gasteiger partial charge >= 0.3 is 0 Å². The third kappa shape index (κ3) is 6.92. The van der Waals surface area contributed by atoms with Gasteiger partial charge in [0.1, 0.15) is 11.5 Å². The van der Waals surface area contributed by atoms with Gasteiger partial charge in [-0.25, -0.2) is 0 Å². The van der Waals surface area contributed by atoms with Crippen LogP contribution in [0.5, 0.6) is 28.7 Å². The predicted octanol–water partition coefficient (Wildman–Crippen LogP) is 7.29. The highest BCUT2D eigenvalue weighted by molar-refractivity contribution is 9.10. The average molecular weight is 571 g/mol. The van der Waals surface area contributed by atoms with Crippen molar-refractivity contribution in [1.82, 2.24) is 4.90 Å². The van der Waals surface area contributed by atoms with E-state index in [-0.39, 0.29) is 0 Å². The molecule has 0 amide bonds. The van der Waals surface area contributed by atoms with Crippen molar-refractivity contribution < 1.29 is 23.7 Å². The molecule has 0 aromatic heterocycles. The Morgan fingerprint density at radius 2 is 1.38 bits per heavy atom. The van der Waals surface area contributed by atoms with Crippen molar-refractivity contribution in [2.75, 3.05) is 42.1 Å². The summed E-state index contributed by atoms with van der Waals surface area (Å²) in [6, 6.07) is 18.3. The fourth-order valence-corrected chi connectivity index (χ4v) is 4.67. The number of unbranched alkanes of at least 4 members (excludes halogenated alkanes) is 1. The number of hydrogen-bond donors (Lipinski definition) is 0. The number of hydrogen-bond acceptors (Lipinski definition) is 6. The van der Waals surface area contributed by atoms with Gasteiger partial charge in [0.05, 0.1) is 40.0 Å². The first-order valence-electron chi connectivity index (χ1n) is 12.2. The summed E-state index contributed by atoms with van der Waals surface area (Å²) >= 11 is 3.75. The molecule has 0 spiro atoms. The fraction of sp³-hybridized carbons (Fsp3) is 0.333. The molecule has 0 heterocycles.